The Morgan fingerprint density at radius 1 is 1.21 bits per heavy atom. The number of amides is 1. The summed E-state index contributed by atoms with van der Waals surface area (Å²) in [6.07, 6.45) is 3.75. The summed E-state index contributed by atoms with van der Waals surface area (Å²) in [5.74, 6) is 1.90. The van der Waals surface area contributed by atoms with Crippen LogP contribution in [0.2, 0.25) is 0 Å². The van der Waals surface area contributed by atoms with E-state index >= 15 is 0 Å². The second-order valence-electron chi connectivity index (χ2n) is 7.99. The maximum atomic E-state index is 12.7. The molecule has 34 heavy (non-hydrogen) atoms. The van der Waals surface area contributed by atoms with Crippen LogP contribution in [0, 0.1) is 0 Å². The molecule has 2 aromatic rings. The fraction of sp³-hybridized carbons (Fsp3) is 0.435. The zero-order valence-corrected chi connectivity index (χ0v) is 19.1. The van der Waals surface area contributed by atoms with Gasteiger partial charge in [0.1, 0.15) is 23.5 Å². The van der Waals surface area contributed by atoms with Crippen LogP contribution in [0.4, 0.5) is 5.69 Å². The van der Waals surface area contributed by atoms with Crippen molar-refractivity contribution in [3.05, 3.63) is 42.0 Å². The lowest BCUT2D eigenvalue weighted by Gasteiger charge is -2.28. The van der Waals surface area contributed by atoms with Gasteiger partial charge in [-0.15, -0.1) is 0 Å². The van der Waals surface area contributed by atoms with E-state index in [0.717, 1.165) is 50.7 Å². The third-order valence-corrected chi connectivity index (χ3v) is 5.87. The van der Waals surface area contributed by atoms with Gasteiger partial charge in [-0.05, 0) is 24.6 Å². The monoisotopic (exact) mass is 465 g/mol. The second kappa shape index (κ2) is 10.1. The highest BCUT2D eigenvalue weighted by Gasteiger charge is 2.33. The van der Waals surface area contributed by atoms with Gasteiger partial charge in [0, 0.05) is 37.9 Å². The first kappa shape index (κ1) is 22.2. The van der Waals surface area contributed by atoms with E-state index in [1.165, 1.54) is 12.5 Å². The van der Waals surface area contributed by atoms with Crippen LogP contribution in [0.5, 0.6) is 11.5 Å². The number of benzene rings is 1. The smallest absolute Gasteiger partial charge is 0.276 e. The maximum absolute atomic E-state index is 12.7. The van der Waals surface area contributed by atoms with Crippen LogP contribution in [-0.4, -0.2) is 97.1 Å². The topological polar surface area (TPSA) is 114 Å². The summed E-state index contributed by atoms with van der Waals surface area (Å²) < 4.78 is 17.2. The van der Waals surface area contributed by atoms with Crippen LogP contribution in [0.1, 0.15) is 22.5 Å². The van der Waals surface area contributed by atoms with Gasteiger partial charge in [-0.3, -0.25) is 24.9 Å². The van der Waals surface area contributed by atoms with Crippen molar-refractivity contribution in [2.75, 3.05) is 59.7 Å². The number of hydrogen-bond donors (Lipinski definition) is 1. The molecule has 0 unspecified atom stereocenters. The second-order valence-corrected chi connectivity index (χ2v) is 7.99. The highest BCUT2D eigenvalue weighted by molar-refractivity contribution is 6.19. The summed E-state index contributed by atoms with van der Waals surface area (Å²) in [6.45, 7) is 6.24. The van der Waals surface area contributed by atoms with Gasteiger partial charge >= 0.3 is 0 Å². The number of amidine groups is 1. The van der Waals surface area contributed by atoms with E-state index in [9.17, 15) is 4.79 Å². The number of nitrogens with zero attached hydrogens (tertiary/aromatic N) is 6. The lowest BCUT2D eigenvalue weighted by atomic mass is 10.1. The Labute approximate surface area is 197 Å². The molecule has 0 radical (unpaired) electrons. The van der Waals surface area contributed by atoms with E-state index in [-0.39, 0.29) is 11.6 Å². The van der Waals surface area contributed by atoms with E-state index in [0.29, 0.717) is 42.8 Å². The summed E-state index contributed by atoms with van der Waals surface area (Å²) in [5, 5.41) is 2.86. The minimum atomic E-state index is -0.370. The Kier molecular flexibility index (Phi) is 6.63. The number of morpholine rings is 1. The summed E-state index contributed by atoms with van der Waals surface area (Å²) in [6, 6.07) is 5.39. The molecule has 1 amide bonds. The molecule has 1 N–H and O–H groups in total. The lowest BCUT2D eigenvalue weighted by Crippen LogP contribution is -2.47. The number of methoxy groups -OCH3 is 1. The molecule has 5 rings (SSSR count). The summed E-state index contributed by atoms with van der Waals surface area (Å²) in [7, 11) is 1.59. The number of carbonyl (C=O) groups excluding carboxylic acids is 1. The van der Waals surface area contributed by atoms with Gasteiger partial charge in [-0.1, -0.05) is 0 Å². The standard InChI is InChI=1S/C23H27N7O4/c1-32-20-18(34-12-2-8-29-10-13-33-14-11-29)4-3-16-19(20)27-23(30-9-7-25-21(16)30)28-22(31)17-5-6-24-15-26-17/h3-6,15H,2,7-14H2,1H3,(H,27,28,31). The molecule has 1 fully saturated rings. The van der Waals surface area contributed by atoms with Gasteiger partial charge < -0.3 is 14.2 Å². The number of nitrogens with one attached hydrogen (secondary N) is 1. The Morgan fingerprint density at radius 2 is 2.09 bits per heavy atom. The third-order valence-electron chi connectivity index (χ3n) is 5.87. The van der Waals surface area contributed by atoms with Crippen molar-refractivity contribution in [3.8, 4) is 11.5 Å². The first-order valence-electron chi connectivity index (χ1n) is 11.4. The number of ether oxygens (including phenoxy) is 3. The summed E-state index contributed by atoms with van der Waals surface area (Å²) in [4.78, 5) is 34.2. The molecule has 0 spiro atoms. The Bertz CT molecular complexity index is 1100. The number of fused-ring (bicyclic) bond motifs is 3. The number of hydrogen-bond acceptors (Lipinski definition) is 10. The Balaban J connectivity index is 1.35. The van der Waals surface area contributed by atoms with Crippen molar-refractivity contribution in [2.45, 2.75) is 6.42 Å². The van der Waals surface area contributed by atoms with Gasteiger partial charge in [0.15, 0.2) is 11.5 Å². The number of aliphatic imine (C=N–C) groups is 2. The number of guanidine groups is 1. The van der Waals surface area contributed by atoms with Crippen molar-refractivity contribution in [1.29, 1.82) is 0 Å². The van der Waals surface area contributed by atoms with E-state index in [1.54, 1.807) is 13.2 Å². The number of carbonyl (C=O) groups is 1. The SMILES string of the molecule is COc1c(OCCCN2CCOCC2)ccc2c1N=C(NC(=O)c1ccncn1)N1CCN=C21. The molecule has 0 saturated carbocycles. The van der Waals surface area contributed by atoms with Crippen molar-refractivity contribution in [1.82, 2.24) is 25.1 Å². The zero-order chi connectivity index (χ0) is 23.3. The van der Waals surface area contributed by atoms with E-state index in [1.807, 2.05) is 17.0 Å². The van der Waals surface area contributed by atoms with Gasteiger partial charge in [0.25, 0.3) is 5.91 Å². The molecule has 3 aliphatic rings. The molecule has 4 heterocycles. The quantitative estimate of drug-likeness (QED) is 0.605. The van der Waals surface area contributed by atoms with Gasteiger partial charge in [0.2, 0.25) is 5.96 Å². The van der Waals surface area contributed by atoms with Gasteiger partial charge in [-0.2, -0.15) is 0 Å². The number of aromatic nitrogens is 2. The van der Waals surface area contributed by atoms with Crippen LogP contribution in [0.25, 0.3) is 0 Å². The fourth-order valence-electron chi connectivity index (χ4n) is 4.19. The van der Waals surface area contributed by atoms with Crippen LogP contribution in [0.15, 0.2) is 40.7 Å². The lowest BCUT2D eigenvalue weighted by molar-refractivity contribution is 0.0357. The van der Waals surface area contributed by atoms with E-state index in [2.05, 4.69) is 25.2 Å². The molecule has 178 valence electrons. The molecule has 11 nitrogen and oxygen atoms in total. The average Bonchev–Trinajstić information content (AvgIpc) is 3.38. The van der Waals surface area contributed by atoms with Crippen molar-refractivity contribution in [2.24, 2.45) is 9.98 Å². The van der Waals surface area contributed by atoms with E-state index in [4.69, 9.17) is 19.2 Å². The van der Waals surface area contributed by atoms with Crippen LogP contribution in [0.3, 0.4) is 0 Å². The van der Waals surface area contributed by atoms with E-state index < -0.39 is 0 Å². The predicted molar refractivity (Wildman–Crippen MR) is 125 cm³/mol. The molecule has 0 bridgehead atoms. The third kappa shape index (κ3) is 4.57. The van der Waals surface area contributed by atoms with Crippen molar-refractivity contribution >= 4 is 23.4 Å². The summed E-state index contributed by atoms with van der Waals surface area (Å²) >= 11 is 0. The number of rotatable bonds is 7. The molecule has 1 aromatic heterocycles. The largest absolute Gasteiger partial charge is 0.491 e. The molecule has 11 heteroatoms. The van der Waals surface area contributed by atoms with Crippen LogP contribution in [-0.2, 0) is 4.74 Å². The molecule has 3 aliphatic heterocycles. The van der Waals surface area contributed by atoms with Crippen molar-refractivity contribution < 1.29 is 19.0 Å². The van der Waals surface area contributed by atoms with Crippen LogP contribution >= 0.6 is 0 Å². The summed E-state index contributed by atoms with van der Waals surface area (Å²) in [5.41, 5.74) is 1.68. The predicted octanol–water partition coefficient (Wildman–Crippen LogP) is 1.08. The molecule has 0 atom stereocenters. The zero-order valence-electron chi connectivity index (χ0n) is 19.1. The van der Waals surface area contributed by atoms with Crippen LogP contribution < -0.4 is 14.8 Å². The minimum Gasteiger partial charge on any atom is -0.491 e. The molecular formula is C23H27N7O4. The maximum Gasteiger partial charge on any atom is 0.276 e. The highest BCUT2D eigenvalue weighted by atomic mass is 16.5. The molecular weight excluding hydrogens is 438 g/mol. The average molecular weight is 466 g/mol. The minimum absolute atomic E-state index is 0.255. The Morgan fingerprint density at radius 3 is 2.88 bits per heavy atom. The normalized spacial score (nSPS) is 17.4. The first-order chi connectivity index (χ1) is 16.7. The van der Waals surface area contributed by atoms with Gasteiger partial charge in [0.05, 0.1) is 33.5 Å². The Hall–Kier alpha value is -3.57. The molecule has 1 aromatic carbocycles. The molecule has 0 aliphatic carbocycles. The fourth-order valence-corrected chi connectivity index (χ4v) is 4.19. The molecule has 1 saturated heterocycles. The highest BCUT2D eigenvalue weighted by Crippen LogP contribution is 2.43. The van der Waals surface area contributed by atoms with Gasteiger partial charge in [-0.25, -0.2) is 15.0 Å². The van der Waals surface area contributed by atoms with Crippen molar-refractivity contribution in [3.63, 3.8) is 0 Å². The first-order valence-corrected chi connectivity index (χ1v) is 11.4.